The normalized spacial score (nSPS) is 20.8. The third-order valence-electron chi connectivity index (χ3n) is 5.16. The lowest BCUT2D eigenvalue weighted by Gasteiger charge is -2.35. The smallest absolute Gasteiger partial charge is 0.239 e. The molecule has 5 nitrogen and oxygen atoms in total. The molecule has 2 aliphatic rings. The maximum atomic E-state index is 12.7. The molecule has 1 aromatic carbocycles. The summed E-state index contributed by atoms with van der Waals surface area (Å²) in [4.78, 5) is 17.0. The van der Waals surface area contributed by atoms with Crippen molar-refractivity contribution in [3.8, 4) is 11.5 Å². The zero-order valence-electron chi connectivity index (χ0n) is 14.7. The molecule has 1 aromatic rings. The maximum Gasteiger partial charge on any atom is 0.239 e. The van der Waals surface area contributed by atoms with Crippen molar-refractivity contribution in [3.63, 3.8) is 0 Å². The molecule has 0 radical (unpaired) electrons. The Morgan fingerprint density at radius 2 is 1.71 bits per heavy atom. The Kier molecular flexibility index (Phi) is 5.61. The van der Waals surface area contributed by atoms with Gasteiger partial charge in [0.2, 0.25) is 5.91 Å². The molecule has 0 bridgehead atoms. The molecule has 132 valence electrons. The van der Waals surface area contributed by atoms with E-state index >= 15 is 0 Å². The Labute approximate surface area is 144 Å². The van der Waals surface area contributed by atoms with E-state index in [4.69, 9.17) is 9.47 Å². The number of likely N-dealkylation sites (tertiary alicyclic amines) is 2. The summed E-state index contributed by atoms with van der Waals surface area (Å²) in [5, 5.41) is 0. The second-order valence-electron chi connectivity index (χ2n) is 6.71. The Bertz CT molecular complexity index is 549. The number of para-hydroxylation sites is 2. The van der Waals surface area contributed by atoms with Gasteiger partial charge in [-0.25, -0.2) is 0 Å². The van der Waals surface area contributed by atoms with Gasteiger partial charge in [0.05, 0.1) is 13.2 Å². The highest BCUT2D eigenvalue weighted by atomic mass is 16.5. The van der Waals surface area contributed by atoms with E-state index < -0.39 is 0 Å². The Hall–Kier alpha value is -1.75. The van der Waals surface area contributed by atoms with E-state index in [1.165, 1.54) is 12.8 Å². The van der Waals surface area contributed by atoms with Crippen LogP contribution in [0.2, 0.25) is 0 Å². The summed E-state index contributed by atoms with van der Waals surface area (Å²) < 4.78 is 11.4. The summed E-state index contributed by atoms with van der Waals surface area (Å²) >= 11 is 0. The molecule has 0 aromatic heterocycles. The second kappa shape index (κ2) is 7.88. The molecule has 5 heteroatoms. The van der Waals surface area contributed by atoms with E-state index in [0.29, 0.717) is 0 Å². The first-order chi connectivity index (χ1) is 11.7. The van der Waals surface area contributed by atoms with Crippen LogP contribution in [0.4, 0.5) is 0 Å². The van der Waals surface area contributed by atoms with Gasteiger partial charge in [0.1, 0.15) is 6.10 Å². The van der Waals surface area contributed by atoms with Gasteiger partial charge in [0, 0.05) is 25.9 Å². The van der Waals surface area contributed by atoms with Crippen molar-refractivity contribution in [1.82, 2.24) is 9.80 Å². The number of carbonyl (C=O) groups is 1. The number of amides is 1. The number of methoxy groups -OCH3 is 1. The predicted octanol–water partition coefficient (Wildman–Crippen LogP) is 2.55. The second-order valence-corrected chi connectivity index (χ2v) is 6.71. The SMILES string of the molecule is COc1ccccc1OC1CCN(C(=O)[C@H](C)N2CCCC2)CC1. The molecule has 0 N–H and O–H groups in total. The molecule has 24 heavy (non-hydrogen) atoms. The molecule has 2 saturated heterocycles. The van der Waals surface area contributed by atoms with Crippen molar-refractivity contribution in [2.75, 3.05) is 33.3 Å². The number of carbonyl (C=O) groups excluding carboxylic acids is 1. The fraction of sp³-hybridized carbons (Fsp3) is 0.632. The molecule has 2 heterocycles. The van der Waals surface area contributed by atoms with E-state index in [0.717, 1.165) is 50.5 Å². The number of benzene rings is 1. The topological polar surface area (TPSA) is 42.0 Å². The van der Waals surface area contributed by atoms with E-state index in [2.05, 4.69) is 4.90 Å². The van der Waals surface area contributed by atoms with Crippen molar-refractivity contribution in [1.29, 1.82) is 0 Å². The van der Waals surface area contributed by atoms with E-state index in [1.807, 2.05) is 36.1 Å². The molecule has 0 spiro atoms. The summed E-state index contributed by atoms with van der Waals surface area (Å²) in [6, 6.07) is 7.75. The Morgan fingerprint density at radius 1 is 1.08 bits per heavy atom. The molecule has 1 atom stereocenters. The number of hydrogen-bond donors (Lipinski definition) is 0. The maximum absolute atomic E-state index is 12.7. The lowest BCUT2D eigenvalue weighted by atomic mass is 10.1. The molecule has 0 aliphatic carbocycles. The zero-order chi connectivity index (χ0) is 16.9. The average molecular weight is 332 g/mol. The van der Waals surface area contributed by atoms with Gasteiger partial charge in [-0.15, -0.1) is 0 Å². The van der Waals surface area contributed by atoms with Crippen LogP contribution < -0.4 is 9.47 Å². The monoisotopic (exact) mass is 332 g/mol. The van der Waals surface area contributed by atoms with Gasteiger partial charge in [0.15, 0.2) is 11.5 Å². The molecule has 1 amide bonds. The van der Waals surface area contributed by atoms with Crippen LogP contribution >= 0.6 is 0 Å². The van der Waals surface area contributed by atoms with Crippen LogP contribution in [0.3, 0.4) is 0 Å². The lowest BCUT2D eigenvalue weighted by molar-refractivity contribution is -0.137. The van der Waals surface area contributed by atoms with E-state index in [1.54, 1.807) is 7.11 Å². The van der Waals surface area contributed by atoms with Crippen LogP contribution in [0.5, 0.6) is 11.5 Å². The minimum Gasteiger partial charge on any atom is -0.493 e. The van der Waals surface area contributed by atoms with Gasteiger partial charge >= 0.3 is 0 Å². The first-order valence-corrected chi connectivity index (χ1v) is 9.01. The highest BCUT2D eigenvalue weighted by molar-refractivity contribution is 5.81. The van der Waals surface area contributed by atoms with Crippen molar-refractivity contribution in [3.05, 3.63) is 24.3 Å². The van der Waals surface area contributed by atoms with Gasteiger partial charge < -0.3 is 14.4 Å². The largest absolute Gasteiger partial charge is 0.493 e. The molecular weight excluding hydrogens is 304 g/mol. The van der Waals surface area contributed by atoms with Crippen LogP contribution in [0.25, 0.3) is 0 Å². The number of piperidine rings is 1. The standard InChI is InChI=1S/C19H28N2O3/c1-15(20-11-5-6-12-20)19(22)21-13-9-16(10-14-21)24-18-8-4-3-7-17(18)23-2/h3-4,7-8,15-16H,5-6,9-14H2,1-2H3/t15-/m0/s1. The summed E-state index contributed by atoms with van der Waals surface area (Å²) in [6.07, 6.45) is 4.32. The summed E-state index contributed by atoms with van der Waals surface area (Å²) in [7, 11) is 1.66. The summed E-state index contributed by atoms with van der Waals surface area (Å²) in [5.41, 5.74) is 0. The number of rotatable bonds is 5. The fourth-order valence-corrected chi connectivity index (χ4v) is 3.64. The van der Waals surface area contributed by atoms with Crippen LogP contribution in [-0.2, 0) is 4.79 Å². The number of nitrogens with zero attached hydrogens (tertiary/aromatic N) is 2. The van der Waals surface area contributed by atoms with E-state index in [9.17, 15) is 4.79 Å². The molecular formula is C19H28N2O3. The number of ether oxygens (including phenoxy) is 2. The summed E-state index contributed by atoms with van der Waals surface area (Å²) in [6.45, 7) is 5.71. The molecule has 3 rings (SSSR count). The van der Waals surface area contributed by atoms with Gasteiger partial charge in [-0.3, -0.25) is 9.69 Å². The fourth-order valence-electron chi connectivity index (χ4n) is 3.64. The van der Waals surface area contributed by atoms with Crippen LogP contribution in [0.1, 0.15) is 32.6 Å². The minimum absolute atomic E-state index is 0.0131. The Balaban J connectivity index is 1.51. The predicted molar refractivity (Wildman–Crippen MR) is 93.5 cm³/mol. The van der Waals surface area contributed by atoms with Crippen molar-refractivity contribution in [2.24, 2.45) is 0 Å². The first kappa shape index (κ1) is 17.1. The van der Waals surface area contributed by atoms with Crippen molar-refractivity contribution < 1.29 is 14.3 Å². The molecule has 0 unspecified atom stereocenters. The van der Waals surface area contributed by atoms with Crippen LogP contribution in [0, 0.1) is 0 Å². The lowest BCUT2D eigenvalue weighted by Crippen LogP contribution is -2.50. The van der Waals surface area contributed by atoms with Gasteiger partial charge in [0.25, 0.3) is 0 Å². The quantitative estimate of drug-likeness (QED) is 0.831. The van der Waals surface area contributed by atoms with Gasteiger partial charge in [-0.05, 0) is 45.0 Å². The highest BCUT2D eigenvalue weighted by Gasteiger charge is 2.31. The highest BCUT2D eigenvalue weighted by Crippen LogP contribution is 2.29. The van der Waals surface area contributed by atoms with Crippen LogP contribution in [0.15, 0.2) is 24.3 Å². The molecule has 2 aliphatic heterocycles. The summed E-state index contributed by atoms with van der Waals surface area (Å²) in [5.74, 6) is 1.82. The molecule has 2 fully saturated rings. The Morgan fingerprint density at radius 3 is 2.33 bits per heavy atom. The third kappa shape index (κ3) is 3.83. The zero-order valence-corrected chi connectivity index (χ0v) is 14.7. The first-order valence-electron chi connectivity index (χ1n) is 9.01. The third-order valence-corrected chi connectivity index (χ3v) is 5.16. The average Bonchev–Trinajstić information content (AvgIpc) is 3.16. The van der Waals surface area contributed by atoms with Crippen molar-refractivity contribution >= 4 is 5.91 Å². The van der Waals surface area contributed by atoms with Crippen molar-refractivity contribution in [2.45, 2.75) is 44.8 Å². The minimum atomic E-state index is 0.0131. The molecule has 0 saturated carbocycles. The number of hydrogen-bond acceptors (Lipinski definition) is 4. The van der Waals surface area contributed by atoms with E-state index in [-0.39, 0.29) is 18.1 Å². The van der Waals surface area contributed by atoms with Crippen LogP contribution in [-0.4, -0.2) is 61.1 Å². The van der Waals surface area contributed by atoms with Gasteiger partial charge in [-0.1, -0.05) is 12.1 Å². The van der Waals surface area contributed by atoms with Gasteiger partial charge in [-0.2, -0.15) is 0 Å².